The molecule has 1 heterocycles. The van der Waals surface area contributed by atoms with E-state index in [1.54, 1.807) is 4.90 Å². The van der Waals surface area contributed by atoms with Crippen LogP contribution in [0.2, 0.25) is 0 Å². The molecule has 144 valence electrons. The number of urea groups is 1. The third-order valence-electron chi connectivity index (χ3n) is 5.02. The minimum absolute atomic E-state index is 0.159. The molecule has 1 aliphatic heterocycles. The number of benzene rings is 2. The van der Waals surface area contributed by atoms with Gasteiger partial charge in [-0.2, -0.15) is 0 Å². The van der Waals surface area contributed by atoms with Gasteiger partial charge in [-0.1, -0.05) is 36.4 Å². The highest BCUT2D eigenvalue weighted by atomic mass is 16.3. The summed E-state index contributed by atoms with van der Waals surface area (Å²) in [4.78, 5) is 16.4. The molecule has 1 aliphatic rings. The summed E-state index contributed by atoms with van der Waals surface area (Å²) in [5.74, 6) is 0. The van der Waals surface area contributed by atoms with Gasteiger partial charge in [0.15, 0.2) is 0 Å². The lowest BCUT2D eigenvalue weighted by Crippen LogP contribution is -2.55. The number of amides is 2. The summed E-state index contributed by atoms with van der Waals surface area (Å²) in [6, 6.07) is 16.0. The van der Waals surface area contributed by atoms with Crippen molar-refractivity contribution in [3.05, 3.63) is 54.1 Å². The first-order valence-electron chi connectivity index (χ1n) is 9.45. The van der Waals surface area contributed by atoms with Gasteiger partial charge in [0.2, 0.25) is 0 Å². The smallest absolute Gasteiger partial charge is 0.321 e. The Hall–Kier alpha value is -2.37. The van der Waals surface area contributed by atoms with Crippen LogP contribution in [0.25, 0.3) is 11.1 Å². The fourth-order valence-electron chi connectivity index (χ4n) is 3.87. The second-order valence-electron chi connectivity index (χ2n) is 7.81. The Kier molecular flexibility index (Phi) is 5.82. The lowest BCUT2D eigenvalue weighted by Gasteiger charge is -2.40. The van der Waals surface area contributed by atoms with Gasteiger partial charge in [0.05, 0.1) is 12.1 Å². The van der Waals surface area contributed by atoms with Gasteiger partial charge in [0.1, 0.15) is 0 Å². The zero-order valence-electron chi connectivity index (χ0n) is 16.4. The van der Waals surface area contributed by atoms with Crippen molar-refractivity contribution in [2.75, 3.05) is 39.0 Å². The van der Waals surface area contributed by atoms with Gasteiger partial charge in [-0.25, -0.2) is 4.79 Å². The van der Waals surface area contributed by atoms with Gasteiger partial charge in [-0.05, 0) is 62.7 Å². The van der Waals surface area contributed by atoms with Gasteiger partial charge in [-0.15, -0.1) is 0 Å². The Morgan fingerprint density at radius 3 is 2.74 bits per heavy atom. The largest absolute Gasteiger partial charge is 0.387 e. The number of hydrogen-bond acceptors (Lipinski definition) is 3. The molecule has 5 heteroatoms. The second kappa shape index (κ2) is 8.11. The summed E-state index contributed by atoms with van der Waals surface area (Å²) in [5, 5.41) is 13.8. The maximum atomic E-state index is 12.7. The number of rotatable bonds is 4. The number of anilines is 1. The second-order valence-corrected chi connectivity index (χ2v) is 7.81. The minimum Gasteiger partial charge on any atom is -0.387 e. The number of aryl methyl sites for hydroxylation is 1. The molecule has 0 aliphatic carbocycles. The van der Waals surface area contributed by atoms with Gasteiger partial charge in [-0.3, -0.25) is 0 Å². The summed E-state index contributed by atoms with van der Waals surface area (Å²) in [6.45, 7) is 3.66. The third-order valence-corrected chi connectivity index (χ3v) is 5.02. The number of aliphatic hydroxyl groups is 1. The lowest BCUT2D eigenvalue weighted by atomic mass is 9.92. The molecule has 0 radical (unpaired) electrons. The van der Waals surface area contributed by atoms with E-state index in [4.69, 9.17) is 0 Å². The molecule has 1 saturated heterocycles. The summed E-state index contributed by atoms with van der Waals surface area (Å²) < 4.78 is 0. The molecule has 0 unspecified atom stereocenters. The monoisotopic (exact) mass is 367 g/mol. The summed E-state index contributed by atoms with van der Waals surface area (Å²) in [5.41, 5.74) is 3.36. The number of hydrogen-bond donors (Lipinski definition) is 2. The number of likely N-dealkylation sites (tertiary alicyclic amines) is 1. The molecule has 1 fully saturated rings. The number of piperidine rings is 1. The highest BCUT2D eigenvalue weighted by molar-refractivity contribution is 5.90. The quantitative estimate of drug-likeness (QED) is 0.868. The predicted octanol–water partition coefficient (Wildman–Crippen LogP) is 3.58. The van der Waals surface area contributed by atoms with Crippen molar-refractivity contribution in [3.63, 3.8) is 0 Å². The van der Waals surface area contributed by atoms with Crippen molar-refractivity contribution in [1.82, 2.24) is 9.80 Å². The average Bonchev–Trinajstić information content (AvgIpc) is 2.61. The molecule has 3 rings (SSSR count). The Labute approximate surface area is 161 Å². The number of nitrogens with zero attached hydrogens (tertiary/aromatic N) is 2. The minimum atomic E-state index is -0.845. The van der Waals surface area contributed by atoms with E-state index >= 15 is 0 Å². The number of nitrogens with one attached hydrogen (secondary N) is 1. The fourth-order valence-corrected chi connectivity index (χ4v) is 3.87. The van der Waals surface area contributed by atoms with Crippen LogP contribution in [0.5, 0.6) is 0 Å². The van der Waals surface area contributed by atoms with Crippen molar-refractivity contribution < 1.29 is 9.90 Å². The Bertz CT molecular complexity index is 806. The van der Waals surface area contributed by atoms with E-state index in [0.29, 0.717) is 19.6 Å². The highest BCUT2D eigenvalue weighted by Gasteiger charge is 2.35. The standard InChI is InChI=1S/C22H29N3O2/c1-17-8-4-5-11-20(17)18-9-6-10-19(14-18)23-21(26)25-13-7-12-22(27,16-25)15-24(2)3/h4-6,8-11,14,27H,7,12-13,15-16H2,1-3H3,(H,23,26)/t22-/m0/s1. The van der Waals surface area contributed by atoms with Crippen molar-refractivity contribution in [1.29, 1.82) is 0 Å². The lowest BCUT2D eigenvalue weighted by molar-refractivity contribution is -0.0333. The summed E-state index contributed by atoms with van der Waals surface area (Å²) in [7, 11) is 3.88. The van der Waals surface area contributed by atoms with Crippen molar-refractivity contribution in [2.24, 2.45) is 0 Å². The molecule has 0 bridgehead atoms. The molecule has 2 N–H and O–H groups in total. The zero-order valence-corrected chi connectivity index (χ0v) is 16.4. The van der Waals surface area contributed by atoms with Crippen LogP contribution >= 0.6 is 0 Å². The molecular formula is C22H29N3O2. The van der Waals surface area contributed by atoms with Crippen LogP contribution in [0.1, 0.15) is 18.4 Å². The maximum absolute atomic E-state index is 12.7. The Morgan fingerprint density at radius 2 is 2.00 bits per heavy atom. The first-order valence-corrected chi connectivity index (χ1v) is 9.45. The van der Waals surface area contributed by atoms with Crippen molar-refractivity contribution in [2.45, 2.75) is 25.4 Å². The van der Waals surface area contributed by atoms with Crippen LogP contribution in [-0.4, -0.2) is 60.3 Å². The first kappa shape index (κ1) is 19.4. The molecule has 0 aromatic heterocycles. The van der Waals surface area contributed by atoms with E-state index in [2.05, 4.69) is 30.4 Å². The number of β-amino-alcohol motifs (C(OH)–C–C–N with tert-alkyl or cyclic N) is 1. The van der Waals surface area contributed by atoms with Crippen molar-refractivity contribution in [3.8, 4) is 11.1 Å². The summed E-state index contributed by atoms with van der Waals surface area (Å²) in [6.07, 6.45) is 1.53. The fraction of sp³-hybridized carbons (Fsp3) is 0.409. The number of likely N-dealkylation sites (N-methyl/N-ethyl adjacent to an activating group) is 1. The van der Waals surface area contributed by atoms with Crippen LogP contribution in [0, 0.1) is 6.92 Å². The zero-order chi connectivity index (χ0) is 19.4. The molecule has 0 spiro atoms. The molecule has 27 heavy (non-hydrogen) atoms. The van der Waals surface area contributed by atoms with Gasteiger partial charge >= 0.3 is 6.03 Å². The molecule has 2 aromatic carbocycles. The van der Waals surface area contributed by atoms with Crippen LogP contribution in [-0.2, 0) is 0 Å². The van der Waals surface area contributed by atoms with E-state index in [-0.39, 0.29) is 6.03 Å². The predicted molar refractivity (Wildman–Crippen MR) is 110 cm³/mol. The van der Waals surface area contributed by atoms with Crippen LogP contribution in [0.3, 0.4) is 0 Å². The molecule has 1 atom stereocenters. The molecular weight excluding hydrogens is 338 g/mol. The molecule has 2 aromatic rings. The van der Waals surface area contributed by atoms with E-state index < -0.39 is 5.60 Å². The van der Waals surface area contributed by atoms with E-state index in [1.807, 2.05) is 49.3 Å². The summed E-state index contributed by atoms with van der Waals surface area (Å²) >= 11 is 0. The van der Waals surface area contributed by atoms with Gasteiger partial charge in [0, 0.05) is 18.8 Å². The van der Waals surface area contributed by atoms with Crippen molar-refractivity contribution >= 4 is 11.7 Å². The SMILES string of the molecule is Cc1ccccc1-c1cccc(NC(=O)N2CCC[C@](O)(CN(C)C)C2)c1. The van der Waals surface area contributed by atoms with Crippen LogP contribution in [0.4, 0.5) is 10.5 Å². The maximum Gasteiger partial charge on any atom is 0.321 e. The molecule has 5 nitrogen and oxygen atoms in total. The van der Waals surface area contributed by atoms with Gasteiger partial charge in [0.25, 0.3) is 0 Å². The first-order chi connectivity index (χ1) is 12.9. The normalized spacial score (nSPS) is 20.0. The van der Waals surface area contributed by atoms with Crippen LogP contribution in [0.15, 0.2) is 48.5 Å². The van der Waals surface area contributed by atoms with Gasteiger partial charge < -0.3 is 20.2 Å². The van der Waals surface area contributed by atoms with E-state index in [1.165, 1.54) is 5.56 Å². The number of carbonyl (C=O) groups excluding carboxylic acids is 1. The molecule has 0 saturated carbocycles. The third kappa shape index (κ3) is 4.87. The average molecular weight is 367 g/mol. The molecule has 2 amide bonds. The topological polar surface area (TPSA) is 55.8 Å². The highest BCUT2D eigenvalue weighted by Crippen LogP contribution is 2.26. The van der Waals surface area contributed by atoms with E-state index in [9.17, 15) is 9.90 Å². The Morgan fingerprint density at radius 1 is 1.22 bits per heavy atom. The Balaban J connectivity index is 1.71. The van der Waals surface area contributed by atoms with Crippen LogP contribution < -0.4 is 5.32 Å². The van der Waals surface area contributed by atoms with E-state index in [0.717, 1.165) is 29.7 Å². The number of carbonyl (C=O) groups is 1.